The molecule has 0 spiro atoms. The molecule has 0 aliphatic rings. The lowest BCUT2D eigenvalue weighted by atomic mass is 10.1. The molecule has 0 saturated heterocycles. The van der Waals surface area contributed by atoms with Gasteiger partial charge in [0.15, 0.2) is 0 Å². The van der Waals surface area contributed by atoms with Crippen LogP contribution in [0.5, 0.6) is 0 Å². The second-order valence-corrected chi connectivity index (χ2v) is 5.56. The van der Waals surface area contributed by atoms with Crippen LogP contribution in [0.2, 0.25) is 0 Å². The van der Waals surface area contributed by atoms with E-state index in [0.29, 0.717) is 6.04 Å². The zero-order valence-corrected chi connectivity index (χ0v) is 10.4. The highest BCUT2D eigenvalue weighted by atomic mass is 32.2. The van der Waals surface area contributed by atoms with E-state index >= 15 is 0 Å². The van der Waals surface area contributed by atoms with Crippen molar-refractivity contribution in [3.05, 3.63) is 0 Å². The van der Waals surface area contributed by atoms with Crippen molar-refractivity contribution in [3.63, 3.8) is 0 Å². The predicted molar refractivity (Wildman–Crippen MR) is 64.6 cm³/mol. The van der Waals surface area contributed by atoms with Crippen LogP contribution in [-0.4, -0.2) is 23.6 Å². The van der Waals surface area contributed by atoms with Crippen LogP contribution in [0.4, 0.5) is 0 Å². The highest BCUT2D eigenvalue weighted by molar-refractivity contribution is 7.99. The number of thioether (sulfide) groups is 1. The smallest absolute Gasteiger partial charge is 0.00386 e. The molecule has 0 fully saturated rings. The van der Waals surface area contributed by atoms with E-state index in [2.05, 4.69) is 44.8 Å². The van der Waals surface area contributed by atoms with Crippen LogP contribution in [-0.2, 0) is 0 Å². The summed E-state index contributed by atoms with van der Waals surface area (Å²) in [6.07, 6.45) is 4.07. The first-order valence-electron chi connectivity index (χ1n) is 5.51. The van der Waals surface area contributed by atoms with E-state index in [-0.39, 0.29) is 0 Å². The Morgan fingerprint density at radius 2 is 1.85 bits per heavy atom. The Kier molecular flexibility index (Phi) is 9.10. The molecule has 13 heavy (non-hydrogen) atoms. The molecule has 0 rings (SSSR count). The molecular weight excluding hydrogens is 178 g/mol. The van der Waals surface area contributed by atoms with Gasteiger partial charge in [0, 0.05) is 6.04 Å². The highest BCUT2D eigenvalue weighted by Crippen LogP contribution is 2.12. The van der Waals surface area contributed by atoms with Crippen molar-refractivity contribution in [1.82, 2.24) is 5.32 Å². The van der Waals surface area contributed by atoms with Gasteiger partial charge in [-0.25, -0.2) is 0 Å². The summed E-state index contributed by atoms with van der Waals surface area (Å²) in [4.78, 5) is 0. The summed E-state index contributed by atoms with van der Waals surface area (Å²) in [6, 6.07) is 0.703. The van der Waals surface area contributed by atoms with E-state index in [4.69, 9.17) is 0 Å². The molecule has 0 aliphatic carbocycles. The van der Waals surface area contributed by atoms with E-state index in [9.17, 15) is 0 Å². The molecule has 0 aliphatic heterocycles. The van der Waals surface area contributed by atoms with Crippen LogP contribution < -0.4 is 5.32 Å². The van der Waals surface area contributed by atoms with Crippen LogP contribution in [0, 0.1) is 0 Å². The second-order valence-electron chi connectivity index (χ2n) is 3.87. The fraction of sp³-hybridized carbons (Fsp3) is 1.00. The van der Waals surface area contributed by atoms with Crippen LogP contribution in [0.1, 0.15) is 47.0 Å². The number of rotatable bonds is 8. The van der Waals surface area contributed by atoms with Gasteiger partial charge in [0.1, 0.15) is 0 Å². The van der Waals surface area contributed by atoms with Crippen LogP contribution >= 0.6 is 11.8 Å². The van der Waals surface area contributed by atoms with Gasteiger partial charge in [-0.05, 0) is 37.3 Å². The minimum Gasteiger partial charge on any atom is -0.315 e. The van der Waals surface area contributed by atoms with E-state index in [1.54, 1.807) is 0 Å². The fourth-order valence-corrected chi connectivity index (χ4v) is 2.16. The lowest BCUT2D eigenvalue weighted by Gasteiger charge is -2.11. The van der Waals surface area contributed by atoms with Gasteiger partial charge in [-0.3, -0.25) is 0 Å². The summed E-state index contributed by atoms with van der Waals surface area (Å²) in [5.74, 6) is 1.33. The summed E-state index contributed by atoms with van der Waals surface area (Å²) in [7, 11) is 0. The topological polar surface area (TPSA) is 12.0 Å². The molecule has 0 aromatic carbocycles. The van der Waals surface area contributed by atoms with E-state index in [1.807, 2.05) is 0 Å². The zero-order valence-electron chi connectivity index (χ0n) is 9.60. The highest BCUT2D eigenvalue weighted by Gasteiger charge is 1.99. The Morgan fingerprint density at radius 3 is 2.38 bits per heavy atom. The van der Waals surface area contributed by atoms with Gasteiger partial charge in [0.05, 0.1) is 0 Å². The summed E-state index contributed by atoms with van der Waals surface area (Å²) >= 11 is 2.08. The first-order chi connectivity index (χ1) is 6.16. The first-order valence-corrected chi connectivity index (χ1v) is 6.56. The quantitative estimate of drug-likeness (QED) is 0.608. The summed E-state index contributed by atoms with van der Waals surface area (Å²) in [5.41, 5.74) is 0. The van der Waals surface area contributed by atoms with Gasteiger partial charge in [0.25, 0.3) is 0 Å². The molecule has 0 heterocycles. The lowest BCUT2D eigenvalue weighted by Crippen LogP contribution is -2.25. The number of hydrogen-bond donors (Lipinski definition) is 1. The maximum Gasteiger partial charge on any atom is 0.00386 e. The van der Waals surface area contributed by atoms with Crippen molar-refractivity contribution >= 4 is 11.8 Å². The van der Waals surface area contributed by atoms with E-state index in [1.165, 1.54) is 25.0 Å². The van der Waals surface area contributed by atoms with Crippen molar-refractivity contribution in [2.45, 2.75) is 58.2 Å². The van der Waals surface area contributed by atoms with Crippen molar-refractivity contribution < 1.29 is 0 Å². The summed E-state index contributed by atoms with van der Waals surface area (Å²) in [6.45, 7) is 10.1. The molecule has 0 aromatic heterocycles. The maximum atomic E-state index is 3.44. The Balaban J connectivity index is 3.06. The summed E-state index contributed by atoms with van der Waals surface area (Å²) < 4.78 is 0. The minimum absolute atomic E-state index is 0.703. The predicted octanol–water partition coefficient (Wildman–Crippen LogP) is 3.30. The molecule has 1 atom stereocenters. The molecule has 2 heteroatoms. The average molecular weight is 203 g/mol. The summed E-state index contributed by atoms with van der Waals surface area (Å²) in [5, 5.41) is 4.24. The van der Waals surface area contributed by atoms with E-state index in [0.717, 1.165) is 11.8 Å². The molecule has 0 amide bonds. The molecule has 0 bridgehead atoms. The van der Waals surface area contributed by atoms with Gasteiger partial charge in [-0.2, -0.15) is 11.8 Å². The van der Waals surface area contributed by atoms with Gasteiger partial charge in [-0.1, -0.05) is 27.2 Å². The first kappa shape index (κ1) is 13.3. The van der Waals surface area contributed by atoms with Crippen molar-refractivity contribution in [1.29, 1.82) is 0 Å². The number of hydrogen-bond acceptors (Lipinski definition) is 2. The Bertz CT molecular complexity index is 104. The Morgan fingerprint density at radius 1 is 1.15 bits per heavy atom. The van der Waals surface area contributed by atoms with Crippen LogP contribution in [0.25, 0.3) is 0 Å². The minimum atomic E-state index is 0.703. The Labute approximate surface area is 88.1 Å². The lowest BCUT2D eigenvalue weighted by molar-refractivity contribution is 0.510. The zero-order chi connectivity index (χ0) is 10.1. The average Bonchev–Trinajstić information content (AvgIpc) is 2.03. The molecular formula is C11H25NS. The maximum absolute atomic E-state index is 3.44. The number of unbranched alkanes of at least 4 members (excludes halogenated alkanes) is 1. The number of nitrogens with one attached hydrogen (secondary N) is 1. The van der Waals surface area contributed by atoms with Gasteiger partial charge in [0.2, 0.25) is 0 Å². The van der Waals surface area contributed by atoms with Crippen molar-refractivity contribution in [2.75, 3.05) is 12.3 Å². The van der Waals surface area contributed by atoms with Crippen molar-refractivity contribution in [3.8, 4) is 0 Å². The van der Waals surface area contributed by atoms with Crippen LogP contribution in [0.3, 0.4) is 0 Å². The van der Waals surface area contributed by atoms with Gasteiger partial charge in [-0.15, -0.1) is 0 Å². The standard InChI is InChI=1S/C11H25NS/c1-5-12-11(4)8-6-7-9-13-10(2)3/h10-12H,5-9H2,1-4H3. The third kappa shape index (κ3) is 10.2. The molecule has 1 N–H and O–H groups in total. The fourth-order valence-electron chi connectivity index (χ4n) is 1.32. The molecule has 0 saturated carbocycles. The molecule has 80 valence electrons. The Hall–Kier alpha value is 0.310. The molecule has 1 nitrogen and oxygen atoms in total. The molecule has 0 aromatic rings. The monoisotopic (exact) mass is 203 g/mol. The normalized spacial score (nSPS) is 13.6. The third-order valence-electron chi connectivity index (χ3n) is 2.04. The third-order valence-corrected chi connectivity index (χ3v) is 3.23. The largest absolute Gasteiger partial charge is 0.315 e. The second kappa shape index (κ2) is 8.89. The van der Waals surface area contributed by atoms with Crippen LogP contribution in [0.15, 0.2) is 0 Å². The van der Waals surface area contributed by atoms with Gasteiger partial charge >= 0.3 is 0 Å². The van der Waals surface area contributed by atoms with Crippen molar-refractivity contribution in [2.24, 2.45) is 0 Å². The SMILES string of the molecule is CCNC(C)CCCCSC(C)C. The molecule has 1 unspecified atom stereocenters. The van der Waals surface area contributed by atoms with E-state index < -0.39 is 0 Å². The van der Waals surface area contributed by atoms with Gasteiger partial charge < -0.3 is 5.32 Å². The molecule has 0 radical (unpaired) electrons.